The summed E-state index contributed by atoms with van der Waals surface area (Å²) in [4.78, 5) is 14.9. The predicted molar refractivity (Wildman–Crippen MR) is 102 cm³/mol. The highest BCUT2D eigenvalue weighted by atomic mass is 35.5. The molecule has 3 aromatic rings. The molecule has 1 fully saturated rings. The predicted octanol–water partition coefficient (Wildman–Crippen LogP) is 2.31. The third-order valence-corrected chi connectivity index (χ3v) is 5.23. The standard InChI is InChI=1S/C19H15ClN6O2/c1-24-15-3-2-11(20)8-12(15)16-13(9-21)14(10-22)17(23)26(18(16)24)19(27)25-4-6-28-7-5-25/h2-3,8,23H,4-7H2,1H3. The second-order valence-corrected chi connectivity index (χ2v) is 6.90. The van der Waals surface area contributed by atoms with Gasteiger partial charge in [0.25, 0.3) is 0 Å². The molecule has 1 saturated heterocycles. The summed E-state index contributed by atoms with van der Waals surface area (Å²) in [7, 11) is 1.76. The van der Waals surface area contributed by atoms with E-state index in [4.69, 9.17) is 21.7 Å². The topological polar surface area (TPSA) is 111 Å². The van der Waals surface area contributed by atoms with Gasteiger partial charge in [-0.1, -0.05) is 11.6 Å². The lowest BCUT2D eigenvalue weighted by molar-refractivity contribution is 0.0535. The van der Waals surface area contributed by atoms with E-state index < -0.39 is 6.03 Å². The number of hydrogen-bond acceptors (Lipinski definition) is 5. The fourth-order valence-corrected chi connectivity index (χ4v) is 3.85. The van der Waals surface area contributed by atoms with E-state index in [0.29, 0.717) is 47.7 Å². The maximum atomic E-state index is 13.3. The number of amides is 1. The number of aromatic nitrogens is 2. The Bertz CT molecular complexity index is 1280. The van der Waals surface area contributed by atoms with Crippen LogP contribution in [-0.4, -0.2) is 46.4 Å². The molecule has 1 aliphatic heterocycles. The van der Waals surface area contributed by atoms with Gasteiger partial charge in [0.2, 0.25) is 0 Å². The first-order valence-corrected chi connectivity index (χ1v) is 8.95. The highest BCUT2D eigenvalue weighted by molar-refractivity contribution is 6.32. The van der Waals surface area contributed by atoms with E-state index in [0.717, 1.165) is 5.52 Å². The summed E-state index contributed by atoms with van der Waals surface area (Å²) in [5.74, 6) is 0. The van der Waals surface area contributed by atoms with Gasteiger partial charge in [-0.15, -0.1) is 0 Å². The Morgan fingerprint density at radius 3 is 2.54 bits per heavy atom. The molecular formula is C19H15ClN6O2. The number of halogens is 1. The van der Waals surface area contributed by atoms with Crippen molar-refractivity contribution < 1.29 is 9.53 Å². The minimum Gasteiger partial charge on any atom is -0.378 e. The van der Waals surface area contributed by atoms with Crippen LogP contribution in [0.2, 0.25) is 5.02 Å². The number of morpholine rings is 1. The third kappa shape index (κ3) is 2.47. The van der Waals surface area contributed by atoms with Crippen LogP contribution in [0.5, 0.6) is 0 Å². The van der Waals surface area contributed by atoms with Crippen LogP contribution in [0.1, 0.15) is 11.1 Å². The maximum Gasteiger partial charge on any atom is 0.331 e. The Labute approximate surface area is 164 Å². The molecule has 2 aromatic heterocycles. The number of nitrogens with zero attached hydrogens (tertiary/aromatic N) is 5. The van der Waals surface area contributed by atoms with Crippen LogP contribution in [0.3, 0.4) is 0 Å². The molecule has 9 heteroatoms. The summed E-state index contributed by atoms with van der Waals surface area (Å²) in [6.45, 7) is 1.61. The molecule has 0 spiro atoms. The van der Waals surface area contributed by atoms with Crippen LogP contribution in [-0.2, 0) is 11.8 Å². The van der Waals surface area contributed by atoms with Gasteiger partial charge >= 0.3 is 6.03 Å². The number of fused-ring (bicyclic) bond motifs is 3. The highest BCUT2D eigenvalue weighted by Crippen LogP contribution is 2.33. The fraction of sp³-hybridized carbons (Fsp3) is 0.263. The maximum absolute atomic E-state index is 13.3. The molecule has 0 bridgehead atoms. The van der Waals surface area contributed by atoms with Gasteiger partial charge in [-0.25, -0.2) is 9.36 Å². The van der Waals surface area contributed by atoms with Gasteiger partial charge < -0.3 is 14.2 Å². The zero-order chi connectivity index (χ0) is 20.0. The molecule has 1 aliphatic rings. The van der Waals surface area contributed by atoms with Crippen molar-refractivity contribution in [3.63, 3.8) is 0 Å². The van der Waals surface area contributed by atoms with Crippen LogP contribution in [0.25, 0.3) is 21.9 Å². The smallest absolute Gasteiger partial charge is 0.331 e. The molecule has 0 unspecified atom stereocenters. The van der Waals surface area contributed by atoms with Crippen LogP contribution < -0.4 is 5.49 Å². The summed E-state index contributed by atoms with van der Waals surface area (Å²) in [6, 6.07) is 8.76. The highest BCUT2D eigenvalue weighted by Gasteiger charge is 2.27. The van der Waals surface area contributed by atoms with Crippen molar-refractivity contribution in [2.45, 2.75) is 0 Å². The summed E-state index contributed by atoms with van der Waals surface area (Å²) in [5, 5.41) is 29.4. The monoisotopic (exact) mass is 394 g/mol. The fourth-order valence-electron chi connectivity index (χ4n) is 3.68. The Hall–Kier alpha value is -3.33. The van der Waals surface area contributed by atoms with E-state index in [2.05, 4.69) is 0 Å². The number of rotatable bonds is 0. The Balaban J connectivity index is 2.19. The molecule has 1 amide bonds. The summed E-state index contributed by atoms with van der Waals surface area (Å²) in [5.41, 5.74) is 0.758. The first-order valence-electron chi connectivity index (χ1n) is 8.58. The summed E-state index contributed by atoms with van der Waals surface area (Å²) >= 11 is 6.16. The second kappa shape index (κ2) is 6.68. The first kappa shape index (κ1) is 18.1. The van der Waals surface area contributed by atoms with E-state index >= 15 is 0 Å². The minimum absolute atomic E-state index is 0.0707. The molecule has 28 heavy (non-hydrogen) atoms. The summed E-state index contributed by atoms with van der Waals surface area (Å²) in [6.07, 6.45) is 0. The average molecular weight is 395 g/mol. The molecule has 0 aliphatic carbocycles. The van der Waals surface area contributed by atoms with Gasteiger partial charge in [0.1, 0.15) is 23.3 Å². The van der Waals surface area contributed by atoms with Crippen molar-refractivity contribution >= 4 is 39.6 Å². The molecule has 8 nitrogen and oxygen atoms in total. The van der Waals surface area contributed by atoms with Gasteiger partial charge in [0.05, 0.1) is 24.3 Å². The second-order valence-electron chi connectivity index (χ2n) is 6.46. The lowest BCUT2D eigenvalue weighted by Crippen LogP contribution is -2.46. The number of carbonyl (C=O) groups is 1. The van der Waals surface area contributed by atoms with Crippen molar-refractivity contribution in [1.82, 2.24) is 14.0 Å². The number of aryl methyl sites for hydroxylation is 1. The van der Waals surface area contributed by atoms with E-state index in [9.17, 15) is 15.3 Å². The Morgan fingerprint density at radius 2 is 1.89 bits per heavy atom. The number of ether oxygens (including phenoxy) is 1. The number of nitriles is 2. The van der Waals surface area contributed by atoms with Crippen molar-refractivity contribution in [2.75, 3.05) is 26.3 Å². The van der Waals surface area contributed by atoms with Gasteiger partial charge in [-0.2, -0.15) is 10.5 Å². The van der Waals surface area contributed by atoms with Crippen molar-refractivity contribution in [1.29, 1.82) is 15.9 Å². The number of nitrogens with one attached hydrogen (secondary N) is 1. The molecular weight excluding hydrogens is 380 g/mol. The number of carbonyl (C=O) groups excluding carboxylic acids is 1. The molecule has 140 valence electrons. The molecule has 0 radical (unpaired) electrons. The van der Waals surface area contributed by atoms with Gasteiger partial charge in [0.15, 0.2) is 5.49 Å². The SMILES string of the molecule is Cn1c2ccc(Cl)cc2c2c(C#N)c(C#N)c(=N)n(C(=O)N3CCOCC3)c21. The van der Waals surface area contributed by atoms with Crippen molar-refractivity contribution in [3.8, 4) is 12.1 Å². The number of benzene rings is 1. The van der Waals surface area contributed by atoms with E-state index in [1.807, 2.05) is 12.1 Å². The van der Waals surface area contributed by atoms with E-state index in [-0.39, 0.29) is 16.6 Å². The molecule has 0 atom stereocenters. The molecule has 4 rings (SSSR count). The zero-order valence-electron chi connectivity index (χ0n) is 15.0. The van der Waals surface area contributed by atoms with Crippen LogP contribution in [0.4, 0.5) is 4.79 Å². The zero-order valence-corrected chi connectivity index (χ0v) is 15.7. The van der Waals surface area contributed by atoms with Crippen molar-refractivity contribution in [3.05, 3.63) is 39.8 Å². The Kier molecular flexibility index (Phi) is 4.31. The lowest BCUT2D eigenvalue weighted by atomic mass is 10.0. The molecule has 0 saturated carbocycles. The average Bonchev–Trinajstić information content (AvgIpc) is 2.99. The van der Waals surface area contributed by atoms with Gasteiger partial charge in [0, 0.05) is 35.9 Å². The Morgan fingerprint density at radius 1 is 1.21 bits per heavy atom. The van der Waals surface area contributed by atoms with Gasteiger partial charge in [-0.3, -0.25) is 5.41 Å². The number of pyridine rings is 1. The number of hydrogen-bond donors (Lipinski definition) is 1. The van der Waals surface area contributed by atoms with Crippen molar-refractivity contribution in [2.24, 2.45) is 7.05 Å². The minimum atomic E-state index is -0.420. The van der Waals surface area contributed by atoms with Gasteiger partial charge in [-0.05, 0) is 18.2 Å². The quantitative estimate of drug-likeness (QED) is 0.630. The molecule has 3 heterocycles. The van der Waals surface area contributed by atoms with Crippen LogP contribution in [0, 0.1) is 28.1 Å². The van der Waals surface area contributed by atoms with Crippen LogP contribution in [0.15, 0.2) is 18.2 Å². The largest absolute Gasteiger partial charge is 0.378 e. The molecule has 1 aromatic carbocycles. The summed E-state index contributed by atoms with van der Waals surface area (Å²) < 4.78 is 8.26. The molecule has 1 N–H and O–H groups in total. The normalized spacial score (nSPS) is 14.2. The third-order valence-electron chi connectivity index (χ3n) is 5.00. The lowest BCUT2D eigenvalue weighted by Gasteiger charge is -2.28. The van der Waals surface area contributed by atoms with E-state index in [1.165, 1.54) is 4.57 Å². The van der Waals surface area contributed by atoms with Crippen LogP contribution >= 0.6 is 11.6 Å². The first-order chi connectivity index (χ1) is 13.5. The van der Waals surface area contributed by atoms with E-state index in [1.54, 1.807) is 34.7 Å².